The van der Waals surface area contributed by atoms with Gasteiger partial charge in [-0.25, -0.2) is 4.98 Å². The molecular weight excluding hydrogens is 300 g/mol. The van der Waals surface area contributed by atoms with Crippen LogP contribution in [0.15, 0.2) is 29.1 Å². The van der Waals surface area contributed by atoms with Crippen molar-refractivity contribution in [2.45, 2.75) is 52.2 Å². The fraction of sp³-hybridized carbons (Fsp3) is 0.579. The number of hydrogen-bond acceptors (Lipinski definition) is 4. The predicted octanol–water partition coefficient (Wildman–Crippen LogP) is 2.55. The summed E-state index contributed by atoms with van der Waals surface area (Å²) in [6, 6.07) is 8.37. The van der Waals surface area contributed by atoms with Gasteiger partial charge in [0.15, 0.2) is 0 Å². The van der Waals surface area contributed by atoms with Crippen molar-refractivity contribution in [1.29, 1.82) is 0 Å². The highest BCUT2D eigenvalue weighted by atomic mass is 16.1. The lowest BCUT2D eigenvalue weighted by molar-refractivity contribution is 0.132. The molecule has 1 aromatic carbocycles. The summed E-state index contributed by atoms with van der Waals surface area (Å²) in [7, 11) is 0. The molecule has 3 rings (SSSR count). The van der Waals surface area contributed by atoms with Crippen LogP contribution in [-0.2, 0) is 6.54 Å². The molecule has 0 spiro atoms. The Kier molecular flexibility index (Phi) is 5.31. The average Bonchev–Trinajstić information content (AvgIpc) is 2.59. The van der Waals surface area contributed by atoms with Crippen molar-refractivity contribution in [2.24, 2.45) is 0 Å². The van der Waals surface area contributed by atoms with E-state index in [1.165, 1.54) is 0 Å². The molecule has 1 aliphatic heterocycles. The van der Waals surface area contributed by atoms with Crippen molar-refractivity contribution in [2.75, 3.05) is 19.6 Å². The number of piperazine rings is 1. The predicted molar refractivity (Wildman–Crippen MR) is 98.4 cm³/mol. The van der Waals surface area contributed by atoms with Gasteiger partial charge in [0.05, 0.1) is 16.9 Å². The molecule has 0 aliphatic carbocycles. The Balaban J connectivity index is 2.11. The summed E-state index contributed by atoms with van der Waals surface area (Å²) >= 11 is 0. The van der Waals surface area contributed by atoms with Crippen LogP contribution in [0.1, 0.15) is 45.5 Å². The zero-order valence-corrected chi connectivity index (χ0v) is 15.0. The second-order valence-electron chi connectivity index (χ2n) is 6.69. The van der Waals surface area contributed by atoms with Gasteiger partial charge in [-0.05, 0) is 32.4 Å². The summed E-state index contributed by atoms with van der Waals surface area (Å²) in [6.07, 6.45) is 2.10. The van der Waals surface area contributed by atoms with E-state index in [4.69, 9.17) is 4.98 Å². The van der Waals surface area contributed by atoms with E-state index in [9.17, 15) is 4.79 Å². The van der Waals surface area contributed by atoms with Gasteiger partial charge in [-0.1, -0.05) is 25.5 Å². The molecule has 0 saturated carbocycles. The third-order valence-corrected chi connectivity index (χ3v) is 4.91. The second-order valence-corrected chi connectivity index (χ2v) is 6.69. The standard InChI is InChI=1S/C19H28N4O/c1-4-8-17(22-12-11-20-14(3)13-22)18-21-16-10-7-6-9-15(16)19(24)23(18)5-2/h6-7,9-10,14,17,20H,4-5,8,11-13H2,1-3H3/t14-,17-/m0/s1. The van der Waals surface area contributed by atoms with E-state index in [1.807, 2.05) is 35.8 Å². The molecule has 130 valence electrons. The van der Waals surface area contributed by atoms with Crippen molar-refractivity contribution < 1.29 is 0 Å². The first-order valence-electron chi connectivity index (χ1n) is 9.12. The van der Waals surface area contributed by atoms with Crippen LogP contribution in [0.3, 0.4) is 0 Å². The van der Waals surface area contributed by atoms with Crippen LogP contribution >= 0.6 is 0 Å². The van der Waals surface area contributed by atoms with Gasteiger partial charge in [-0.3, -0.25) is 14.3 Å². The minimum absolute atomic E-state index is 0.0855. The molecule has 1 saturated heterocycles. The summed E-state index contributed by atoms with van der Waals surface area (Å²) in [5, 5.41) is 4.21. The average molecular weight is 328 g/mol. The molecule has 2 heterocycles. The van der Waals surface area contributed by atoms with Crippen LogP contribution in [0.5, 0.6) is 0 Å². The van der Waals surface area contributed by atoms with Gasteiger partial charge in [-0.15, -0.1) is 0 Å². The first-order chi connectivity index (χ1) is 11.7. The SMILES string of the molecule is CCC[C@@H](c1nc2ccccc2c(=O)n1CC)N1CCN[C@@H](C)C1. The van der Waals surface area contributed by atoms with E-state index in [0.717, 1.165) is 43.8 Å². The lowest BCUT2D eigenvalue weighted by Crippen LogP contribution is -2.51. The van der Waals surface area contributed by atoms with Crippen molar-refractivity contribution in [3.63, 3.8) is 0 Å². The zero-order valence-electron chi connectivity index (χ0n) is 15.0. The van der Waals surface area contributed by atoms with Crippen molar-refractivity contribution in [1.82, 2.24) is 19.8 Å². The van der Waals surface area contributed by atoms with Gasteiger partial charge < -0.3 is 5.32 Å². The van der Waals surface area contributed by atoms with Crippen LogP contribution in [-0.4, -0.2) is 40.1 Å². The Bertz CT molecular complexity index is 755. The van der Waals surface area contributed by atoms with Gasteiger partial charge in [-0.2, -0.15) is 0 Å². The van der Waals surface area contributed by atoms with Gasteiger partial charge in [0.2, 0.25) is 0 Å². The van der Waals surface area contributed by atoms with E-state index in [2.05, 4.69) is 24.1 Å². The van der Waals surface area contributed by atoms with Crippen LogP contribution in [0.25, 0.3) is 10.9 Å². The lowest BCUT2D eigenvalue weighted by atomic mass is 10.1. The van der Waals surface area contributed by atoms with Crippen molar-refractivity contribution >= 4 is 10.9 Å². The summed E-state index contributed by atoms with van der Waals surface area (Å²) in [5.74, 6) is 0.928. The van der Waals surface area contributed by atoms with Crippen LogP contribution in [0, 0.1) is 0 Å². The van der Waals surface area contributed by atoms with Crippen molar-refractivity contribution in [3.05, 3.63) is 40.4 Å². The Morgan fingerprint density at radius 1 is 1.33 bits per heavy atom. The van der Waals surface area contributed by atoms with E-state index in [-0.39, 0.29) is 11.6 Å². The lowest BCUT2D eigenvalue weighted by Gasteiger charge is -2.38. The maximum atomic E-state index is 12.9. The van der Waals surface area contributed by atoms with E-state index in [0.29, 0.717) is 18.0 Å². The molecule has 1 fully saturated rings. The van der Waals surface area contributed by atoms with Gasteiger partial charge in [0.1, 0.15) is 5.82 Å². The Morgan fingerprint density at radius 2 is 2.12 bits per heavy atom. The summed E-state index contributed by atoms with van der Waals surface area (Å²) in [5.41, 5.74) is 0.897. The minimum atomic E-state index is 0.0855. The summed E-state index contributed by atoms with van der Waals surface area (Å²) in [4.78, 5) is 20.3. The molecule has 0 radical (unpaired) electrons. The molecule has 1 aliphatic rings. The van der Waals surface area contributed by atoms with Gasteiger partial charge in [0, 0.05) is 32.2 Å². The fourth-order valence-electron chi connectivity index (χ4n) is 3.74. The molecular formula is C19H28N4O. The molecule has 0 unspecified atom stereocenters. The first-order valence-corrected chi connectivity index (χ1v) is 9.12. The number of nitrogens with zero attached hydrogens (tertiary/aromatic N) is 3. The zero-order chi connectivity index (χ0) is 17.1. The van der Waals surface area contributed by atoms with Gasteiger partial charge >= 0.3 is 0 Å². The number of para-hydroxylation sites is 1. The minimum Gasteiger partial charge on any atom is -0.312 e. The van der Waals surface area contributed by atoms with E-state index < -0.39 is 0 Å². The Hall–Kier alpha value is -1.72. The highest BCUT2D eigenvalue weighted by Gasteiger charge is 2.28. The number of rotatable bonds is 5. The summed E-state index contributed by atoms with van der Waals surface area (Å²) in [6.45, 7) is 10.1. The van der Waals surface area contributed by atoms with Crippen LogP contribution in [0.2, 0.25) is 0 Å². The normalized spacial score (nSPS) is 20.4. The molecule has 5 heteroatoms. The molecule has 0 amide bonds. The number of fused-ring (bicyclic) bond motifs is 1. The molecule has 0 bridgehead atoms. The summed E-state index contributed by atoms with van der Waals surface area (Å²) < 4.78 is 1.87. The molecule has 2 aromatic rings. The quantitative estimate of drug-likeness (QED) is 0.916. The van der Waals surface area contributed by atoms with Gasteiger partial charge in [0.25, 0.3) is 5.56 Å². The highest BCUT2D eigenvalue weighted by Crippen LogP contribution is 2.26. The molecule has 5 nitrogen and oxygen atoms in total. The van der Waals surface area contributed by atoms with Crippen molar-refractivity contribution in [3.8, 4) is 0 Å². The molecule has 1 aromatic heterocycles. The topological polar surface area (TPSA) is 50.2 Å². The maximum absolute atomic E-state index is 12.9. The first kappa shape index (κ1) is 17.1. The van der Waals surface area contributed by atoms with Crippen LogP contribution in [0.4, 0.5) is 0 Å². The Morgan fingerprint density at radius 3 is 2.83 bits per heavy atom. The smallest absolute Gasteiger partial charge is 0.261 e. The maximum Gasteiger partial charge on any atom is 0.261 e. The van der Waals surface area contributed by atoms with Crippen LogP contribution < -0.4 is 10.9 Å². The molecule has 1 N–H and O–H groups in total. The monoisotopic (exact) mass is 328 g/mol. The second kappa shape index (κ2) is 7.45. The third-order valence-electron chi connectivity index (χ3n) is 4.91. The molecule has 24 heavy (non-hydrogen) atoms. The number of benzene rings is 1. The number of nitrogens with one attached hydrogen (secondary N) is 1. The number of aromatic nitrogens is 2. The highest BCUT2D eigenvalue weighted by molar-refractivity contribution is 5.77. The van der Waals surface area contributed by atoms with E-state index >= 15 is 0 Å². The molecule has 2 atom stereocenters. The Labute approximate surface area is 143 Å². The number of hydrogen-bond donors (Lipinski definition) is 1. The van der Waals surface area contributed by atoms with E-state index in [1.54, 1.807) is 0 Å². The largest absolute Gasteiger partial charge is 0.312 e. The fourth-order valence-corrected chi connectivity index (χ4v) is 3.74. The third kappa shape index (κ3) is 3.23.